The van der Waals surface area contributed by atoms with Crippen LogP contribution in [-0.2, 0) is 0 Å². The van der Waals surface area contributed by atoms with Crippen LogP contribution in [0.3, 0.4) is 0 Å². The highest BCUT2D eigenvalue weighted by Crippen LogP contribution is 2.19. The SMILES string of the molecule is Cc1nc(NCC2CCN(C(C)C)C2)ccc1C(=O)O. The number of pyridine rings is 1. The lowest BCUT2D eigenvalue weighted by molar-refractivity contribution is 0.0695. The first-order chi connectivity index (χ1) is 9.47. The van der Waals surface area contributed by atoms with Gasteiger partial charge in [0.25, 0.3) is 0 Å². The Morgan fingerprint density at radius 1 is 1.55 bits per heavy atom. The van der Waals surface area contributed by atoms with Gasteiger partial charge in [0, 0.05) is 19.1 Å². The van der Waals surface area contributed by atoms with Crippen LogP contribution in [0, 0.1) is 12.8 Å². The smallest absolute Gasteiger partial charge is 0.337 e. The number of likely N-dealkylation sites (tertiary alicyclic amines) is 1. The minimum atomic E-state index is -0.926. The summed E-state index contributed by atoms with van der Waals surface area (Å²) in [5.74, 6) is 0.471. The van der Waals surface area contributed by atoms with Crippen LogP contribution >= 0.6 is 0 Å². The molecule has 1 fully saturated rings. The molecule has 1 aliphatic rings. The van der Waals surface area contributed by atoms with Gasteiger partial charge in [-0.1, -0.05) is 0 Å². The maximum absolute atomic E-state index is 10.9. The molecule has 1 saturated heterocycles. The fraction of sp³-hybridized carbons (Fsp3) is 0.600. The van der Waals surface area contributed by atoms with Crippen molar-refractivity contribution < 1.29 is 9.90 Å². The van der Waals surface area contributed by atoms with E-state index >= 15 is 0 Å². The molecule has 2 rings (SSSR count). The van der Waals surface area contributed by atoms with Gasteiger partial charge in [0.15, 0.2) is 0 Å². The summed E-state index contributed by atoms with van der Waals surface area (Å²) in [6.45, 7) is 9.36. The molecule has 1 unspecified atom stereocenters. The van der Waals surface area contributed by atoms with Gasteiger partial charge >= 0.3 is 5.97 Å². The first kappa shape index (κ1) is 14.8. The minimum Gasteiger partial charge on any atom is -0.478 e. The van der Waals surface area contributed by atoms with E-state index < -0.39 is 5.97 Å². The van der Waals surface area contributed by atoms with Crippen LogP contribution in [-0.4, -0.2) is 46.6 Å². The number of rotatable bonds is 5. The number of carbonyl (C=O) groups is 1. The fourth-order valence-electron chi connectivity index (χ4n) is 2.63. The van der Waals surface area contributed by atoms with E-state index in [9.17, 15) is 4.79 Å². The van der Waals surface area contributed by atoms with Gasteiger partial charge in [-0.3, -0.25) is 0 Å². The van der Waals surface area contributed by atoms with Gasteiger partial charge in [-0.05, 0) is 51.8 Å². The number of hydrogen-bond donors (Lipinski definition) is 2. The molecular formula is C15H23N3O2. The Balaban J connectivity index is 1.89. The zero-order valence-electron chi connectivity index (χ0n) is 12.4. The normalized spacial score (nSPS) is 19.5. The van der Waals surface area contributed by atoms with Gasteiger partial charge < -0.3 is 15.3 Å². The lowest BCUT2D eigenvalue weighted by Crippen LogP contribution is -2.29. The second-order valence-electron chi connectivity index (χ2n) is 5.76. The second-order valence-corrected chi connectivity index (χ2v) is 5.76. The van der Waals surface area contributed by atoms with Crippen LogP contribution in [0.25, 0.3) is 0 Å². The molecule has 0 saturated carbocycles. The van der Waals surface area contributed by atoms with E-state index in [0.29, 0.717) is 17.7 Å². The number of carboxylic acid groups (broad SMARTS) is 1. The summed E-state index contributed by atoms with van der Waals surface area (Å²) in [6.07, 6.45) is 1.21. The number of aryl methyl sites for hydroxylation is 1. The Labute approximate surface area is 120 Å². The molecule has 0 radical (unpaired) electrons. The predicted octanol–water partition coefficient (Wildman–Crippen LogP) is 2.23. The number of aromatic nitrogens is 1. The Bertz CT molecular complexity index is 488. The monoisotopic (exact) mass is 277 g/mol. The number of nitrogens with one attached hydrogen (secondary N) is 1. The lowest BCUT2D eigenvalue weighted by Gasteiger charge is -2.20. The van der Waals surface area contributed by atoms with Gasteiger partial charge in [0.05, 0.1) is 11.3 Å². The van der Waals surface area contributed by atoms with Crippen molar-refractivity contribution in [1.29, 1.82) is 0 Å². The standard InChI is InChI=1S/C15H23N3O2/c1-10(2)18-7-6-12(9-18)8-16-14-5-4-13(15(19)20)11(3)17-14/h4-5,10,12H,6-9H2,1-3H3,(H,16,17)(H,19,20). The molecule has 20 heavy (non-hydrogen) atoms. The zero-order chi connectivity index (χ0) is 14.7. The maximum atomic E-state index is 10.9. The summed E-state index contributed by atoms with van der Waals surface area (Å²) >= 11 is 0. The van der Waals surface area contributed by atoms with E-state index in [0.717, 1.165) is 25.5 Å². The molecule has 5 nitrogen and oxygen atoms in total. The van der Waals surface area contributed by atoms with Crippen molar-refractivity contribution in [3.63, 3.8) is 0 Å². The topological polar surface area (TPSA) is 65.5 Å². The molecule has 2 N–H and O–H groups in total. The summed E-state index contributed by atoms with van der Waals surface area (Å²) in [5.41, 5.74) is 0.820. The van der Waals surface area contributed by atoms with E-state index in [1.165, 1.54) is 6.42 Å². The number of anilines is 1. The molecule has 0 aliphatic carbocycles. The Morgan fingerprint density at radius 2 is 2.30 bits per heavy atom. The average Bonchev–Trinajstić information content (AvgIpc) is 2.85. The molecule has 0 spiro atoms. The van der Waals surface area contributed by atoms with Gasteiger partial charge in [-0.25, -0.2) is 9.78 Å². The summed E-state index contributed by atoms with van der Waals surface area (Å²) in [6, 6.07) is 3.96. The van der Waals surface area contributed by atoms with Crippen LogP contribution in [0.15, 0.2) is 12.1 Å². The molecule has 0 amide bonds. The van der Waals surface area contributed by atoms with Crippen molar-refractivity contribution in [1.82, 2.24) is 9.88 Å². The summed E-state index contributed by atoms with van der Waals surface area (Å²) in [7, 11) is 0. The zero-order valence-corrected chi connectivity index (χ0v) is 12.4. The molecule has 1 atom stereocenters. The van der Waals surface area contributed by atoms with E-state index in [-0.39, 0.29) is 5.56 Å². The summed E-state index contributed by atoms with van der Waals surface area (Å²) < 4.78 is 0. The van der Waals surface area contributed by atoms with Crippen LogP contribution in [0.1, 0.15) is 36.3 Å². The quantitative estimate of drug-likeness (QED) is 0.864. The van der Waals surface area contributed by atoms with Gasteiger partial charge in [0.2, 0.25) is 0 Å². The molecular weight excluding hydrogens is 254 g/mol. The second kappa shape index (κ2) is 6.22. The molecule has 5 heteroatoms. The fourth-order valence-corrected chi connectivity index (χ4v) is 2.63. The summed E-state index contributed by atoms with van der Waals surface area (Å²) in [5, 5.41) is 12.3. The first-order valence-electron chi connectivity index (χ1n) is 7.16. The molecule has 1 aromatic rings. The number of carboxylic acids is 1. The first-order valence-corrected chi connectivity index (χ1v) is 7.16. The third kappa shape index (κ3) is 3.48. The van der Waals surface area contributed by atoms with E-state index in [1.807, 2.05) is 0 Å². The van der Waals surface area contributed by atoms with E-state index in [2.05, 4.69) is 29.0 Å². The van der Waals surface area contributed by atoms with Gasteiger partial charge in [-0.15, -0.1) is 0 Å². The van der Waals surface area contributed by atoms with E-state index in [1.54, 1.807) is 19.1 Å². The Hall–Kier alpha value is -1.62. The molecule has 110 valence electrons. The molecule has 1 aromatic heterocycles. The lowest BCUT2D eigenvalue weighted by atomic mass is 10.1. The molecule has 0 bridgehead atoms. The van der Waals surface area contributed by atoms with Crippen molar-refractivity contribution >= 4 is 11.8 Å². The van der Waals surface area contributed by atoms with Crippen LogP contribution in [0.4, 0.5) is 5.82 Å². The van der Waals surface area contributed by atoms with Crippen molar-refractivity contribution in [3.8, 4) is 0 Å². The molecule has 1 aliphatic heterocycles. The van der Waals surface area contributed by atoms with E-state index in [4.69, 9.17) is 5.11 Å². The molecule has 0 aromatic carbocycles. The number of hydrogen-bond acceptors (Lipinski definition) is 4. The highest BCUT2D eigenvalue weighted by Gasteiger charge is 2.23. The van der Waals surface area contributed by atoms with Crippen molar-refractivity contribution in [2.24, 2.45) is 5.92 Å². The maximum Gasteiger partial charge on any atom is 0.337 e. The van der Waals surface area contributed by atoms with Crippen LogP contribution < -0.4 is 5.32 Å². The largest absolute Gasteiger partial charge is 0.478 e. The Kier molecular flexibility index (Phi) is 4.60. The van der Waals surface area contributed by atoms with Crippen molar-refractivity contribution in [3.05, 3.63) is 23.4 Å². The minimum absolute atomic E-state index is 0.266. The molecule has 2 heterocycles. The predicted molar refractivity (Wildman–Crippen MR) is 79.2 cm³/mol. The average molecular weight is 277 g/mol. The highest BCUT2D eigenvalue weighted by atomic mass is 16.4. The van der Waals surface area contributed by atoms with Gasteiger partial charge in [-0.2, -0.15) is 0 Å². The number of nitrogens with zero attached hydrogens (tertiary/aromatic N) is 2. The van der Waals surface area contributed by atoms with Crippen LogP contribution in [0.2, 0.25) is 0 Å². The van der Waals surface area contributed by atoms with Gasteiger partial charge in [0.1, 0.15) is 5.82 Å². The highest BCUT2D eigenvalue weighted by molar-refractivity contribution is 5.89. The third-order valence-electron chi connectivity index (χ3n) is 3.94. The van der Waals surface area contributed by atoms with Crippen molar-refractivity contribution in [2.45, 2.75) is 33.2 Å². The van der Waals surface area contributed by atoms with Crippen molar-refractivity contribution in [2.75, 3.05) is 25.0 Å². The van der Waals surface area contributed by atoms with Crippen LogP contribution in [0.5, 0.6) is 0 Å². The third-order valence-corrected chi connectivity index (χ3v) is 3.94. The Morgan fingerprint density at radius 3 is 2.85 bits per heavy atom. The summed E-state index contributed by atoms with van der Waals surface area (Å²) in [4.78, 5) is 17.7. The number of aromatic carboxylic acids is 1.